The highest BCUT2D eigenvalue weighted by Gasteiger charge is 2.16. The number of hydrogen-bond acceptors (Lipinski definition) is 4. The number of fused-ring (bicyclic) bond motifs is 1. The van der Waals surface area contributed by atoms with Gasteiger partial charge < -0.3 is 19.9 Å². The van der Waals surface area contributed by atoms with E-state index in [0.717, 1.165) is 54.7 Å². The number of piperidine rings is 1. The summed E-state index contributed by atoms with van der Waals surface area (Å²) in [5, 5.41) is 1.10. The maximum atomic E-state index is 12.5. The van der Waals surface area contributed by atoms with E-state index >= 15 is 0 Å². The van der Waals surface area contributed by atoms with Gasteiger partial charge in [-0.1, -0.05) is 0 Å². The van der Waals surface area contributed by atoms with E-state index in [9.17, 15) is 4.79 Å². The van der Waals surface area contributed by atoms with E-state index in [2.05, 4.69) is 4.90 Å². The zero-order chi connectivity index (χ0) is 16.4. The molecule has 0 amide bonds. The number of hydrogen-bond donors (Lipinski definition) is 1. The zero-order valence-corrected chi connectivity index (χ0v) is 13.9. The lowest BCUT2D eigenvalue weighted by Crippen LogP contribution is -2.41. The van der Waals surface area contributed by atoms with Crippen molar-refractivity contribution in [3.63, 3.8) is 0 Å². The van der Waals surface area contributed by atoms with Gasteiger partial charge in [0.15, 0.2) is 0 Å². The Bertz CT molecular complexity index is 746. The van der Waals surface area contributed by atoms with E-state index in [1.54, 1.807) is 13.2 Å². The summed E-state index contributed by atoms with van der Waals surface area (Å²) >= 11 is 0. The van der Waals surface area contributed by atoms with Crippen LogP contribution in [0, 0.1) is 6.92 Å². The first-order valence-electron chi connectivity index (χ1n) is 8.24. The standard InChI is InChI=1S/C18H25N3O2/c1-13-11-18(22)21(10-9-20-7-5-14(19)6-8-20)17-12-15(23-2)3-4-16(13)17/h3-4,11-12,14H,5-10,19H2,1-2H3. The van der Waals surface area contributed by atoms with Crippen molar-refractivity contribution in [1.29, 1.82) is 0 Å². The largest absolute Gasteiger partial charge is 0.497 e. The molecule has 1 aliphatic heterocycles. The molecule has 5 heteroatoms. The number of benzene rings is 1. The van der Waals surface area contributed by atoms with Crippen molar-refractivity contribution in [2.45, 2.75) is 32.4 Å². The van der Waals surface area contributed by atoms with Gasteiger partial charge in [-0.25, -0.2) is 0 Å². The minimum Gasteiger partial charge on any atom is -0.497 e. The van der Waals surface area contributed by atoms with Crippen molar-refractivity contribution in [1.82, 2.24) is 9.47 Å². The van der Waals surface area contributed by atoms with Gasteiger partial charge in [-0.15, -0.1) is 0 Å². The first-order chi connectivity index (χ1) is 11.1. The Balaban J connectivity index is 1.88. The van der Waals surface area contributed by atoms with Crippen molar-refractivity contribution in [2.24, 2.45) is 5.73 Å². The lowest BCUT2D eigenvalue weighted by Gasteiger charge is -2.30. The second kappa shape index (κ2) is 6.72. The van der Waals surface area contributed by atoms with Crippen LogP contribution in [0.15, 0.2) is 29.1 Å². The van der Waals surface area contributed by atoms with Gasteiger partial charge in [-0.2, -0.15) is 0 Å². The third kappa shape index (κ3) is 3.41. The fraction of sp³-hybridized carbons (Fsp3) is 0.500. The van der Waals surface area contributed by atoms with Gasteiger partial charge in [0.05, 0.1) is 12.6 Å². The number of ether oxygens (including phenoxy) is 1. The van der Waals surface area contributed by atoms with Crippen molar-refractivity contribution >= 4 is 10.9 Å². The Labute approximate surface area is 136 Å². The molecule has 1 aliphatic rings. The number of pyridine rings is 1. The second-order valence-electron chi connectivity index (χ2n) is 6.38. The highest BCUT2D eigenvalue weighted by Crippen LogP contribution is 2.22. The number of aryl methyl sites for hydroxylation is 1. The predicted octanol–water partition coefficient (Wildman–Crippen LogP) is 1.74. The first kappa shape index (κ1) is 16.0. The average Bonchev–Trinajstić information content (AvgIpc) is 2.55. The molecule has 0 saturated carbocycles. The number of methoxy groups -OCH3 is 1. The first-order valence-corrected chi connectivity index (χ1v) is 8.24. The molecule has 5 nitrogen and oxygen atoms in total. The number of likely N-dealkylation sites (tertiary alicyclic amines) is 1. The van der Waals surface area contributed by atoms with E-state index < -0.39 is 0 Å². The molecular weight excluding hydrogens is 290 g/mol. The van der Waals surface area contributed by atoms with Gasteiger partial charge in [0.1, 0.15) is 5.75 Å². The van der Waals surface area contributed by atoms with Crippen molar-refractivity contribution in [2.75, 3.05) is 26.7 Å². The number of aromatic nitrogens is 1. The van der Waals surface area contributed by atoms with Gasteiger partial charge >= 0.3 is 0 Å². The van der Waals surface area contributed by atoms with Gasteiger partial charge in [0.25, 0.3) is 5.56 Å². The van der Waals surface area contributed by atoms with Crippen LogP contribution in [0.2, 0.25) is 0 Å². The molecule has 2 N–H and O–H groups in total. The minimum absolute atomic E-state index is 0.0527. The molecular formula is C18H25N3O2. The molecule has 1 aromatic heterocycles. The molecule has 0 atom stereocenters. The number of rotatable bonds is 4. The molecule has 1 fully saturated rings. The summed E-state index contributed by atoms with van der Waals surface area (Å²) in [5.74, 6) is 0.778. The van der Waals surface area contributed by atoms with Crippen LogP contribution in [0.3, 0.4) is 0 Å². The van der Waals surface area contributed by atoms with Crippen molar-refractivity contribution < 1.29 is 4.74 Å². The van der Waals surface area contributed by atoms with E-state index in [1.165, 1.54) is 0 Å². The zero-order valence-electron chi connectivity index (χ0n) is 13.9. The topological polar surface area (TPSA) is 60.5 Å². The predicted molar refractivity (Wildman–Crippen MR) is 93.1 cm³/mol. The van der Waals surface area contributed by atoms with Gasteiger partial charge in [-0.3, -0.25) is 4.79 Å². The van der Waals surface area contributed by atoms with E-state index in [4.69, 9.17) is 10.5 Å². The number of nitrogens with two attached hydrogens (primary N) is 1. The lowest BCUT2D eigenvalue weighted by molar-refractivity contribution is 0.206. The normalized spacial score (nSPS) is 16.8. The maximum Gasteiger partial charge on any atom is 0.251 e. The molecule has 0 aliphatic carbocycles. The van der Waals surface area contributed by atoms with Gasteiger partial charge in [-0.05, 0) is 50.6 Å². The highest BCUT2D eigenvalue weighted by molar-refractivity contribution is 5.83. The van der Waals surface area contributed by atoms with Gasteiger partial charge in [0.2, 0.25) is 0 Å². The van der Waals surface area contributed by atoms with Crippen LogP contribution in [0.4, 0.5) is 0 Å². The van der Waals surface area contributed by atoms with E-state index in [1.807, 2.05) is 29.7 Å². The quantitative estimate of drug-likeness (QED) is 0.933. The van der Waals surface area contributed by atoms with Gasteiger partial charge in [0, 0.05) is 36.7 Å². The molecule has 0 unspecified atom stereocenters. The highest BCUT2D eigenvalue weighted by atomic mass is 16.5. The monoisotopic (exact) mass is 315 g/mol. The van der Waals surface area contributed by atoms with Crippen molar-refractivity contribution in [3.8, 4) is 5.75 Å². The van der Waals surface area contributed by atoms with Crippen LogP contribution in [0.1, 0.15) is 18.4 Å². The minimum atomic E-state index is 0.0527. The van der Waals surface area contributed by atoms with Crippen LogP contribution >= 0.6 is 0 Å². The summed E-state index contributed by atoms with van der Waals surface area (Å²) in [6.45, 7) is 5.58. The molecule has 2 heterocycles. The van der Waals surface area contributed by atoms with Crippen LogP contribution in [-0.2, 0) is 6.54 Å². The molecule has 23 heavy (non-hydrogen) atoms. The van der Waals surface area contributed by atoms with Crippen LogP contribution in [-0.4, -0.2) is 42.3 Å². The summed E-state index contributed by atoms with van der Waals surface area (Å²) in [7, 11) is 1.65. The Morgan fingerprint density at radius 2 is 1.96 bits per heavy atom. The maximum absolute atomic E-state index is 12.5. The van der Waals surface area contributed by atoms with Crippen LogP contribution in [0.25, 0.3) is 10.9 Å². The number of nitrogens with zero attached hydrogens (tertiary/aromatic N) is 2. The van der Waals surface area contributed by atoms with Crippen LogP contribution < -0.4 is 16.0 Å². The summed E-state index contributed by atoms with van der Waals surface area (Å²) in [6.07, 6.45) is 2.08. The van der Waals surface area contributed by atoms with Crippen molar-refractivity contribution in [3.05, 3.63) is 40.2 Å². The Hall–Kier alpha value is -1.85. The molecule has 124 valence electrons. The summed E-state index contributed by atoms with van der Waals surface area (Å²) in [5.41, 5.74) is 7.96. The molecule has 1 aromatic carbocycles. The Kier molecular flexibility index (Phi) is 4.68. The van der Waals surface area contributed by atoms with E-state index in [-0.39, 0.29) is 5.56 Å². The molecule has 0 spiro atoms. The summed E-state index contributed by atoms with van der Waals surface area (Å²) in [6, 6.07) is 7.98. The molecule has 1 saturated heterocycles. The molecule has 2 aromatic rings. The fourth-order valence-electron chi connectivity index (χ4n) is 3.30. The molecule has 0 radical (unpaired) electrons. The Morgan fingerprint density at radius 3 is 2.65 bits per heavy atom. The molecule has 0 bridgehead atoms. The van der Waals surface area contributed by atoms with E-state index in [0.29, 0.717) is 12.6 Å². The fourth-order valence-corrected chi connectivity index (χ4v) is 3.30. The Morgan fingerprint density at radius 1 is 1.22 bits per heavy atom. The third-order valence-corrected chi connectivity index (χ3v) is 4.80. The summed E-state index contributed by atoms with van der Waals surface area (Å²) < 4.78 is 7.18. The van der Waals surface area contributed by atoms with Crippen LogP contribution in [0.5, 0.6) is 5.75 Å². The summed E-state index contributed by atoms with van der Waals surface area (Å²) in [4.78, 5) is 14.9. The SMILES string of the molecule is COc1ccc2c(C)cc(=O)n(CCN3CCC(N)CC3)c2c1. The molecule has 3 rings (SSSR count). The third-order valence-electron chi connectivity index (χ3n) is 4.80. The lowest BCUT2D eigenvalue weighted by atomic mass is 10.1. The second-order valence-corrected chi connectivity index (χ2v) is 6.38. The average molecular weight is 315 g/mol. The smallest absolute Gasteiger partial charge is 0.251 e.